The summed E-state index contributed by atoms with van der Waals surface area (Å²) < 4.78 is 64.9. The van der Waals surface area contributed by atoms with E-state index in [2.05, 4.69) is 15.5 Å². The molecule has 0 amide bonds. The fraction of sp³-hybridized carbons (Fsp3) is 0. The van der Waals surface area contributed by atoms with Crippen molar-refractivity contribution in [3.05, 3.63) is 24.5 Å². The molecule has 0 bridgehead atoms. The Morgan fingerprint density at radius 1 is 1.16 bits per heavy atom. The van der Waals surface area contributed by atoms with Crippen molar-refractivity contribution in [1.82, 2.24) is 15.5 Å². The summed E-state index contributed by atoms with van der Waals surface area (Å²) in [6.07, 6.45) is 1.12. The van der Waals surface area contributed by atoms with Crippen molar-refractivity contribution >= 4 is 20.2 Å². The molecule has 10 nitrogen and oxygen atoms in total. The molecular weight excluding hydrogens is 300 g/mol. The molecule has 0 saturated heterocycles. The first-order valence-electron chi connectivity index (χ1n) is 4.54. The Balaban J connectivity index is 2.77. The van der Waals surface area contributed by atoms with E-state index in [1.165, 1.54) is 0 Å². The topological polar surface area (TPSA) is 157 Å². The van der Waals surface area contributed by atoms with Crippen LogP contribution in [0.4, 0.5) is 0 Å². The zero-order valence-corrected chi connectivity index (χ0v) is 10.6. The van der Waals surface area contributed by atoms with Crippen molar-refractivity contribution < 1.29 is 30.6 Å². The van der Waals surface area contributed by atoms with Crippen LogP contribution in [0, 0.1) is 0 Å². The average Bonchev–Trinajstić information content (AvgIpc) is 2.79. The summed E-state index contributed by atoms with van der Waals surface area (Å²) in [5.74, 6) is 0. The van der Waals surface area contributed by atoms with Crippen LogP contribution in [0.2, 0.25) is 0 Å². The zero-order valence-electron chi connectivity index (χ0n) is 8.96. The smallest absolute Gasteiger partial charge is 0.294 e. The average molecular weight is 306 g/mol. The maximum Gasteiger partial charge on any atom is 0.294 e. The molecule has 0 fully saturated rings. The van der Waals surface area contributed by atoms with E-state index in [0.717, 1.165) is 23.1 Å². The number of benzene rings is 1. The SMILES string of the molecule is O=S(=O)([O-])c1cc(-[n+]2cnn[nH]2)cc(S(=O)(=O)O)c1. The molecule has 0 spiro atoms. The number of H-pyrrole nitrogens is 1. The zero-order chi connectivity index (χ0) is 14.3. The minimum absolute atomic E-state index is 0.0467. The number of aromatic nitrogens is 4. The van der Waals surface area contributed by atoms with Gasteiger partial charge in [0.05, 0.1) is 9.79 Å². The van der Waals surface area contributed by atoms with Gasteiger partial charge in [0, 0.05) is 6.07 Å². The maximum atomic E-state index is 11.0. The van der Waals surface area contributed by atoms with Gasteiger partial charge < -0.3 is 4.55 Å². The molecule has 2 N–H and O–H groups in total. The monoisotopic (exact) mass is 306 g/mol. The molecule has 0 aliphatic rings. The van der Waals surface area contributed by atoms with Gasteiger partial charge in [-0.25, -0.2) is 8.42 Å². The molecule has 2 aromatic rings. The van der Waals surface area contributed by atoms with E-state index in [9.17, 15) is 21.4 Å². The molecule has 0 aliphatic carbocycles. The van der Waals surface area contributed by atoms with Crippen molar-refractivity contribution in [2.24, 2.45) is 0 Å². The Morgan fingerprint density at radius 2 is 1.79 bits per heavy atom. The molecule has 0 saturated carbocycles. The van der Waals surface area contributed by atoms with E-state index < -0.39 is 30.0 Å². The largest absolute Gasteiger partial charge is 0.744 e. The van der Waals surface area contributed by atoms with E-state index in [4.69, 9.17) is 4.55 Å². The van der Waals surface area contributed by atoms with Crippen LogP contribution in [0.25, 0.3) is 5.69 Å². The first-order valence-corrected chi connectivity index (χ1v) is 7.39. The molecule has 19 heavy (non-hydrogen) atoms. The first-order chi connectivity index (χ1) is 8.68. The molecule has 102 valence electrons. The number of hydrogen-bond acceptors (Lipinski definition) is 7. The van der Waals surface area contributed by atoms with Crippen LogP contribution in [0.3, 0.4) is 0 Å². The van der Waals surface area contributed by atoms with Gasteiger partial charge in [0.15, 0.2) is 5.21 Å². The van der Waals surface area contributed by atoms with Crippen LogP contribution in [0.15, 0.2) is 34.3 Å². The third-order valence-corrected chi connectivity index (χ3v) is 3.75. The van der Waals surface area contributed by atoms with Crippen molar-refractivity contribution in [3.63, 3.8) is 0 Å². The fourth-order valence-corrected chi connectivity index (χ4v) is 2.45. The van der Waals surface area contributed by atoms with E-state index in [1.54, 1.807) is 0 Å². The van der Waals surface area contributed by atoms with Crippen LogP contribution in [-0.4, -0.2) is 41.5 Å². The number of nitrogens with zero attached hydrogens (tertiary/aromatic N) is 3. The molecule has 0 unspecified atom stereocenters. The third kappa shape index (κ3) is 2.93. The van der Waals surface area contributed by atoms with Gasteiger partial charge in [-0.3, -0.25) is 4.55 Å². The molecule has 1 heterocycles. The quantitative estimate of drug-likeness (QED) is 0.498. The van der Waals surface area contributed by atoms with Crippen molar-refractivity contribution in [3.8, 4) is 5.69 Å². The highest BCUT2D eigenvalue weighted by Crippen LogP contribution is 2.18. The molecule has 1 aromatic carbocycles. The Kier molecular flexibility index (Phi) is 3.09. The van der Waals surface area contributed by atoms with Gasteiger partial charge >= 0.3 is 0 Å². The van der Waals surface area contributed by atoms with Gasteiger partial charge in [0.1, 0.15) is 20.9 Å². The summed E-state index contributed by atoms with van der Waals surface area (Å²) in [4.78, 5) is -1.54. The van der Waals surface area contributed by atoms with E-state index in [0.29, 0.717) is 6.07 Å². The summed E-state index contributed by atoms with van der Waals surface area (Å²) in [6.45, 7) is 0. The minimum atomic E-state index is -4.89. The third-order valence-electron chi connectivity index (χ3n) is 2.11. The van der Waals surface area contributed by atoms with Crippen LogP contribution in [0.1, 0.15) is 0 Å². The molecule has 1 aromatic heterocycles. The minimum Gasteiger partial charge on any atom is -0.744 e. The van der Waals surface area contributed by atoms with Crippen molar-refractivity contribution in [2.75, 3.05) is 0 Å². The molecule has 0 radical (unpaired) electrons. The van der Waals surface area contributed by atoms with Gasteiger partial charge in [0.25, 0.3) is 16.4 Å². The van der Waals surface area contributed by atoms with Crippen LogP contribution < -0.4 is 4.68 Å². The van der Waals surface area contributed by atoms with Gasteiger partial charge in [0.2, 0.25) is 0 Å². The predicted octanol–water partition coefficient (Wildman–Crippen LogP) is -1.77. The maximum absolute atomic E-state index is 11.0. The normalized spacial score (nSPS) is 12.5. The van der Waals surface area contributed by atoms with E-state index in [1.807, 2.05) is 0 Å². The summed E-state index contributed by atoms with van der Waals surface area (Å²) in [6, 6.07) is 2.42. The lowest BCUT2D eigenvalue weighted by molar-refractivity contribution is -0.660. The molecule has 12 heteroatoms. The second kappa shape index (κ2) is 4.34. The Morgan fingerprint density at radius 3 is 2.26 bits per heavy atom. The summed E-state index contributed by atoms with van der Waals surface area (Å²) in [5, 5.41) is 9.02. The lowest BCUT2D eigenvalue weighted by atomic mass is 10.3. The van der Waals surface area contributed by atoms with Gasteiger partial charge in [-0.15, -0.1) is 4.68 Å². The summed E-state index contributed by atoms with van der Waals surface area (Å²) >= 11 is 0. The number of tetrazole rings is 1. The van der Waals surface area contributed by atoms with Gasteiger partial charge in [-0.2, -0.15) is 8.42 Å². The summed E-state index contributed by atoms with van der Waals surface area (Å²) in [5.41, 5.74) is -0.0467. The second-order valence-corrected chi connectivity index (χ2v) is 6.19. The Labute approximate surface area is 107 Å². The van der Waals surface area contributed by atoms with Crippen LogP contribution >= 0.6 is 0 Å². The predicted molar refractivity (Wildman–Crippen MR) is 55.7 cm³/mol. The number of nitrogens with one attached hydrogen (secondary N) is 1. The lowest BCUT2D eigenvalue weighted by Crippen LogP contribution is -2.32. The molecule has 0 atom stereocenters. The summed E-state index contributed by atoms with van der Waals surface area (Å²) in [7, 11) is -9.56. The standard InChI is InChI=1S/C7H6N4O6S2/c12-18(13,14)6-1-5(11-4-8-9-10-11)2-7(3-6)19(15,16)17/h1-4H,(H2,12,13,14,15,16,17). The Hall–Kier alpha value is -1.89. The van der Waals surface area contributed by atoms with Crippen molar-refractivity contribution in [2.45, 2.75) is 9.79 Å². The lowest BCUT2D eigenvalue weighted by Gasteiger charge is -2.09. The van der Waals surface area contributed by atoms with Crippen LogP contribution in [-0.2, 0) is 20.2 Å². The van der Waals surface area contributed by atoms with Crippen LogP contribution in [0.5, 0.6) is 0 Å². The van der Waals surface area contributed by atoms with E-state index in [-0.39, 0.29) is 5.69 Å². The molecule has 2 rings (SSSR count). The number of hydrogen-bond donors (Lipinski definition) is 2. The Bertz CT molecular complexity index is 761. The molecular formula is C7H6N4O6S2. The van der Waals surface area contributed by atoms with Gasteiger partial charge in [-0.1, -0.05) is 5.21 Å². The van der Waals surface area contributed by atoms with Crippen molar-refractivity contribution in [1.29, 1.82) is 0 Å². The fourth-order valence-electron chi connectivity index (χ4n) is 1.29. The van der Waals surface area contributed by atoms with E-state index >= 15 is 0 Å². The highest BCUT2D eigenvalue weighted by Gasteiger charge is 2.17. The first kappa shape index (κ1) is 13.5. The molecule has 0 aliphatic heterocycles. The second-order valence-electron chi connectivity index (χ2n) is 3.39. The number of rotatable bonds is 3. The van der Waals surface area contributed by atoms with Gasteiger partial charge in [-0.05, 0) is 12.1 Å². The highest BCUT2D eigenvalue weighted by atomic mass is 32.2. The highest BCUT2D eigenvalue weighted by molar-refractivity contribution is 7.86. The number of aromatic amines is 1.